The van der Waals surface area contributed by atoms with Gasteiger partial charge in [-0.1, -0.05) is 46.9 Å². The van der Waals surface area contributed by atoms with E-state index in [0.29, 0.717) is 22.5 Å². The van der Waals surface area contributed by atoms with Gasteiger partial charge >= 0.3 is 0 Å². The number of nitrogens with zero attached hydrogens (tertiary/aromatic N) is 2. The fraction of sp³-hybridized carbons (Fsp3) is 0.235. The minimum atomic E-state index is -2.17. The number of rotatable bonds is 4. The normalized spacial score (nSPS) is 13.1. The number of hydrogen-bond donors (Lipinski definition) is 0. The Morgan fingerprint density at radius 1 is 1.24 bits per heavy atom. The zero-order valence-corrected chi connectivity index (χ0v) is 15.3. The smallest absolute Gasteiger partial charge is 0.262 e. The Labute approximate surface area is 158 Å². The maximum absolute atomic E-state index is 13.0. The van der Waals surface area contributed by atoms with E-state index in [1.54, 1.807) is 43.3 Å². The van der Waals surface area contributed by atoms with E-state index in [0.717, 1.165) is 0 Å². The number of halogens is 3. The maximum atomic E-state index is 13.0. The highest BCUT2D eigenvalue weighted by Crippen LogP contribution is 2.33. The van der Waals surface area contributed by atoms with Gasteiger partial charge in [-0.25, -0.2) is 4.98 Å². The minimum Gasteiger partial charge on any atom is -0.469 e. The lowest BCUT2D eigenvalue weighted by Crippen LogP contribution is -2.38. The number of Topliss-reactive ketones (excluding diaryl/α,β-unsaturated/α-hetero) is 1. The average molecular weight is 400 g/mol. The van der Waals surface area contributed by atoms with E-state index in [9.17, 15) is 9.59 Å². The summed E-state index contributed by atoms with van der Waals surface area (Å²) in [5, 5.41) is 0.384. The first-order chi connectivity index (χ1) is 11.8. The van der Waals surface area contributed by atoms with Gasteiger partial charge in [-0.2, -0.15) is 0 Å². The summed E-state index contributed by atoms with van der Waals surface area (Å²) < 4.78 is 4.39. The topological polar surface area (TPSA) is 65.1 Å². The molecule has 3 aromatic rings. The Bertz CT molecular complexity index is 975. The van der Waals surface area contributed by atoms with Gasteiger partial charge in [0.1, 0.15) is 17.6 Å². The third kappa shape index (κ3) is 3.59. The third-order valence-electron chi connectivity index (χ3n) is 3.85. The van der Waals surface area contributed by atoms with Crippen molar-refractivity contribution in [2.45, 2.75) is 23.2 Å². The predicted molar refractivity (Wildman–Crippen MR) is 97.5 cm³/mol. The first-order valence-corrected chi connectivity index (χ1v) is 8.53. The highest BCUT2D eigenvalue weighted by atomic mass is 35.6. The molecule has 0 unspecified atom stereocenters. The van der Waals surface area contributed by atoms with E-state index >= 15 is 0 Å². The second kappa shape index (κ2) is 6.83. The van der Waals surface area contributed by atoms with Crippen LogP contribution in [0.3, 0.4) is 0 Å². The zero-order valence-electron chi connectivity index (χ0n) is 13.1. The van der Waals surface area contributed by atoms with Crippen LogP contribution in [-0.4, -0.2) is 19.1 Å². The van der Waals surface area contributed by atoms with Crippen LogP contribution < -0.4 is 5.56 Å². The van der Waals surface area contributed by atoms with Crippen LogP contribution in [0.25, 0.3) is 10.9 Å². The molecule has 0 bridgehead atoms. The van der Waals surface area contributed by atoms with E-state index in [1.165, 1.54) is 10.8 Å². The fourth-order valence-electron chi connectivity index (χ4n) is 2.73. The minimum absolute atomic E-state index is 0.0700. The number of aryl methyl sites for hydroxylation is 1. The summed E-state index contributed by atoms with van der Waals surface area (Å²) >= 11 is 17.4. The van der Waals surface area contributed by atoms with Crippen LogP contribution in [0.15, 0.2) is 51.9 Å². The number of fused-ring (bicyclic) bond motifs is 1. The number of carbonyl (C=O) groups excluding carboxylic acids is 1. The van der Waals surface area contributed by atoms with Crippen LogP contribution >= 0.6 is 34.8 Å². The van der Waals surface area contributed by atoms with Gasteiger partial charge in [0.15, 0.2) is 0 Å². The molecule has 0 saturated heterocycles. The second-order valence-electron chi connectivity index (χ2n) is 5.51. The number of benzene rings is 1. The van der Waals surface area contributed by atoms with Crippen LogP contribution in [0.1, 0.15) is 17.6 Å². The van der Waals surface area contributed by atoms with E-state index in [-0.39, 0.29) is 12.0 Å². The largest absolute Gasteiger partial charge is 0.469 e. The molecule has 0 aliphatic carbocycles. The quantitative estimate of drug-likeness (QED) is 0.622. The van der Waals surface area contributed by atoms with Crippen molar-refractivity contribution < 1.29 is 9.21 Å². The summed E-state index contributed by atoms with van der Waals surface area (Å²) in [6, 6.07) is 9.20. The van der Waals surface area contributed by atoms with Crippen LogP contribution in [0.2, 0.25) is 0 Å². The Balaban J connectivity index is 2.20. The standard InChI is InChI=1S/C17H13Cl3N2O3/c1-10-21-13-7-3-2-6-12(13)16(24)22(10)14(15(23)17(18,19)20)9-11-5-4-8-25-11/h2-8,14H,9H2,1H3/t14-/m1/s1. The molecule has 3 rings (SSSR count). The summed E-state index contributed by atoms with van der Waals surface area (Å²) in [4.78, 5) is 30.1. The van der Waals surface area contributed by atoms with Gasteiger partial charge in [0.25, 0.3) is 9.35 Å². The summed E-state index contributed by atoms with van der Waals surface area (Å²) in [7, 11) is 0. The predicted octanol–water partition coefficient (Wildman–Crippen LogP) is 4.02. The summed E-state index contributed by atoms with van der Waals surface area (Å²) in [5.41, 5.74) is 0.168. The molecule has 0 fully saturated rings. The summed E-state index contributed by atoms with van der Waals surface area (Å²) in [5.74, 6) is 0.117. The van der Waals surface area contributed by atoms with E-state index in [1.807, 2.05) is 0 Å². The molecule has 0 aliphatic rings. The SMILES string of the molecule is Cc1nc2ccccc2c(=O)n1[C@H](Cc1ccco1)C(=O)C(Cl)(Cl)Cl. The lowest BCUT2D eigenvalue weighted by Gasteiger charge is -2.23. The number of alkyl halides is 3. The Morgan fingerprint density at radius 3 is 2.60 bits per heavy atom. The van der Waals surface area contributed by atoms with Gasteiger partial charge in [-0.15, -0.1) is 0 Å². The third-order valence-corrected chi connectivity index (χ3v) is 4.41. The number of para-hydroxylation sites is 1. The molecule has 0 spiro atoms. The molecule has 25 heavy (non-hydrogen) atoms. The molecule has 0 amide bonds. The molecule has 5 nitrogen and oxygen atoms in total. The van der Waals surface area contributed by atoms with Gasteiger partial charge in [0.2, 0.25) is 5.78 Å². The average Bonchev–Trinajstić information content (AvgIpc) is 3.05. The molecule has 0 aliphatic heterocycles. The lowest BCUT2D eigenvalue weighted by atomic mass is 10.1. The van der Waals surface area contributed by atoms with Crippen molar-refractivity contribution in [2.75, 3.05) is 0 Å². The van der Waals surface area contributed by atoms with Crippen LogP contribution in [0, 0.1) is 6.92 Å². The number of hydrogen-bond acceptors (Lipinski definition) is 4. The van der Waals surface area contributed by atoms with Gasteiger partial charge in [-0.05, 0) is 31.2 Å². The van der Waals surface area contributed by atoms with Crippen molar-refractivity contribution in [2.24, 2.45) is 0 Å². The molecule has 1 atom stereocenters. The van der Waals surface area contributed by atoms with Gasteiger partial charge in [0, 0.05) is 6.42 Å². The Kier molecular flexibility index (Phi) is 4.91. The molecule has 8 heteroatoms. The molecule has 2 heterocycles. The first kappa shape index (κ1) is 18.0. The monoisotopic (exact) mass is 398 g/mol. The molecule has 1 aromatic carbocycles. The van der Waals surface area contributed by atoms with Crippen molar-refractivity contribution >= 4 is 51.5 Å². The van der Waals surface area contributed by atoms with Crippen molar-refractivity contribution in [3.8, 4) is 0 Å². The fourth-order valence-corrected chi connectivity index (χ4v) is 3.11. The van der Waals surface area contributed by atoms with E-state index in [4.69, 9.17) is 39.2 Å². The van der Waals surface area contributed by atoms with Gasteiger partial charge in [0.05, 0.1) is 17.2 Å². The summed E-state index contributed by atoms with van der Waals surface area (Å²) in [6.45, 7) is 1.63. The molecule has 0 saturated carbocycles. The van der Waals surface area contributed by atoms with Crippen molar-refractivity contribution in [1.82, 2.24) is 9.55 Å². The number of carbonyl (C=O) groups is 1. The van der Waals surface area contributed by atoms with Crippen molar-refractivity contribution in [1.29, 1.82) is 0 Å². The van der Waals surface area contributed by atoms with Crippen molar-refractivity contribution in [3.05, 3.63) is 64.6 Å². The van der Waals surface area contributed by atoms with Gasteiger partial charge < -0.3 is 4.42 Å². The number of furan rings is 1. The van der Waals surface area contributed by atoms with Gasteiger partial charge in [-0.3, -0.25) is 14.2 Å². The zero-order chi connectivity index (χ0) is 18.2. The lowest BCUT2D eigenvalue weighted by molar-refractivity contribution is -0.121. The highest BCUT2D eigenvalue weighted by molar-refractivity contribution is 6.76. The van der Waals surface area contributed by atoms with E-state index < -0.39 is 15.6 Å². The number of ketones is 1. The van der Waals surface area contributed by atoms with Crippen LogP contribution in [0.4, 0.5) is 0 Å². The highest BCUT2D eigenvalue weighted by Gasteiger charge is 2.39. The maximum Gasteiger partial charge on any atom is 0.262 e. The van der Waals surface area contributed by atoms with Crippen LogP contribution in [0.5, 0.6) is 0 Å². The Hall–Kier alpha value is -1.82. The molecule has 0 radical (unpaired) electrons. The molecular formula is C17H13Cl3N2O3. The van der Waals surface area contributed by atoms with Crippen LogP contribution in [-0.2, 0) is 11.2 Å². The molecule has 130 valence electrons. The molecule has 0 N–H and O–H groups in total. The number of aromatic nitrogens is 2. The van der Waals surface area contributed by atoms with Crippen molar-refractivity contribution in [3.63, 3.8) is 0 Å². The summed E-state index contributed by atoms with van der Waals surface area (Å²) in [6.07, 6.45) is 1.54. The Morgan fingerprint density at radius 2 is 1.96 bits per heavy atom. The second-order valence-corrected chi connectivity index (χ2v) is 7.79. The first-order valence-electron chi connectivity index (χ1n) is 7.40. The molecule has 2 aromatic heterocycles. The van der Waals surface area contributed by atoms with E-state index in [2.05, 4.69) is 4.98 Å². The molecular weight excluding hydrogens is 387 g/mol.